The van der Waals surface area contributed by atoms with E-state index in [9.17, 15) is 34.2 Å². The van der Waals surface area contributed by atoms with Crippen LogP contribution in [0.5, 0.6) is 0 Å². The van der Waals surface area contributed by atoms with Gasteiger partial charge in [-0.1, -0.05) is 36.4 Å². The number of carboxylic acid groups (broad SMARTS) is 2. The molecule has 0 saturated heterocycles. The molecular formula is C30H34N6O7S. The summed E-state index contributed by atoms with van der Waals surface area (Å²) in [7, 11) is 0. The Hall–Kier alpha value is -4.82. The zero-order chi connectivity index (χ0) is 31.8. The predicted molar refractivity (Wildman–Crippen MR) is 166 cm³/mol. The zero-order valence-electron chi connectivity index (χ0n) is 23.6. The van der Waals surface area contributed by atoms with Gasteiger partial charge in [-0.15, -0.1) is 0 Å². The van der Waals surface area contributed by atoms with Gasteiger partial charge in [0.2, 0.25) is 17.7 Å². The van der Waals surface area contributed by atoms with Crippen molar-refractivity contribution in [3.8, 4) is 0 Å². The van der Waals surface area contributed by atoms with E-state index >= 15 is 0 Å². The van der Waals surface area contributed by atoms with E-state index in [-0.39, 0.29) is 25.0 Å². The molecule has 4 atom stereocenters. The fraction of sp³-hybridized carbons (Fsp3) is 0.300. The summed E-state index contributed by atoms with van der Waals surface area (Å²) in [4.78, 5) is 69.0. The second kappa shape index (κ2) is 14.6. The summed E-state index contributed by atoms with van der Waals surface area (Å²) in [6.07, 6.45) is 2.82. The summed E-state index contributed by atoms with van der Waals surface area (Å²) in [6, 6.07) is 9.81. The maximum atomic E-state index is 13.5. The average Bonchev–Trinajstić information content (AvgIpc) is 3.61. The zero-order valence-corrected chi connectivity index (χ0v) is 24.5. The lowest BCUT2D eigenvalue weighted by Crippen LogP contribution is -2.58. The van der Waals surface area contributed by atoms with Crippen molar-refractivity contribution in [1.29, 1.82) is 0 Å². The maximum absolute atomic E-state index is 13.5. The number of hydrogen-bond donors (Lipinski definition) is 9. The number of aliphatic carboxylic acids is 2. The van der Waals surface area contributed by atoms with Crippen molar-refractivity contribution < 1.29 is 34.2 Å². The molecule has 4 rings (SSSR count). The lowest BCUT2D eigenvalue weighted by atomic mass is 10.0. The SMILES string of the molecule is NC(Cc1c[nH]c2ccccc12)C(=O)NC(CCC(=O)O)C(=O)NC(Cc1c[nH]c2ccccc12)C(=O)NC(CS)C(=O)O. The molecule has 0 spiro atoms. The molecule has 0 saturated carbocycles. The van der Waals surface area contributed by atoms with Crippen LogP contribution >= 0.6 is 12.6 Å². The first-order valence-corrected chi connectivity index (χ1v) is 14.5. The van der Waals surface area contributed by atoms with E-state index in [4.69, 9.17) is 5.73 Å². The smallest absolute Gasteiger partial charge is 0.327 e. The Labute approximate surface area is 257 Å². The maximum Gasteiger partial charge on any atom is 0.327 e. The van der Waals surface area contributed by atoms with Gasteiger partial charge in [0.05, 0.1) is 6.04 Å². The largest absolute Gasteiger partial charge is 0.481 e. The Morgan fingerprint density at radius 1 is 0.727 bits per heavy atom. The highest BCUT2D eigenvalue weighted by atomic mass is 32.1. The van der Waals surface area contributed by atoms with Gasteiger partial charge in [-0.3, -0.25) is 19.2 Å². The Kier molecular flexibility index (Phi) is 10.6. The topological polar surface area (TPSA) is 219 Å². The summed E-state index contributed by atoms with van der Waals surface area (Å²) < 4.78 is 0. The number of nitrogens with one attached hydrogen (secondary N) is 5. The third-order valence-corrected chi connectivity index (χ3v) is 7.63. The number of aromatic nitrogens is 2. The van der Waals surface area contributed by atoms with Crippen molar-refractivity contribution in [1.82, 2.24) is 25.9 Å². The molecule has 0 fully saturated rings. The van der Waals surface area contributed by atoms with E-state index in [2.05, 4.69) is 38.5 Å². The molecule has 2 aromatic carbocycles. The first kappa shape index (κ1) is 32.1. The lowest BCUT2D eigenvalue weighted by molar-refractivity contribution is -0.141. The quantitative estimate of drug-likeness (QED) is 0.0872. The molecule has 14 heteroatoms. The molecule has 0 aliphatic carbocycles. The number of H-pyrrole nitrogens is 2. The minimum atomic E-state index is -1.34. The third kappa shape index (κ3) is 7.96. The Morgan fingerprint density at radius 2 is 1.23 bits per heavy atom. The minimum Gasteiger partial charge on any atom is -0.481 e. The fourth-order valence-corrected chi connectivity index (χ4v) is 5.15. The normalized spacial score (nSPS) is 14.0. The molecule has 9 N–H and O–H groups in total. The number of hydrogen-bond acceptors (Lipinski definition) is 7. The van der Waals surface area contributed by atoms with Crippen LogP contribution in [-0.4, -0.2) is 79.8 Å². The highest BCUT2D eigenvalue weighted by Crippen LogP contribution is 2.20. The van der Waals surface area contributed by atoms with Crippen LogP contribution < -0.4 is 21.7 Å². The lowest BCUT2D eigenvalue weighted by Gasteiger charge is -2.25. The van der Waals surface area contributed by atoms with Gasteiger partial charge in [-0.25, -0.2) is 4.79 Å². The Bertz CT molecular complexity index is 1670. The number of fused-ring (bicyclic) bond motifs is 2. The molecule has 4 aromatic rings. The van der Waals surface area contributed by atoms with Gasteiger partial charge in [0, 0.05) is 52.8 Å². The van der Waals surface area contributed by atoms with Crippen molar-refractivity contribution in [2.75, 3.05) is 5.75 Å². The van der Waals surface area contributed by atoms with E-state index in [0.717, 1.165) is 27.4 Å². The van der Waals surface area contributed by atoms with Gasteiger partial charge in [-0.2, -0.15) is 12.6 Å². The van der Waals surface area contributed by atoms with Gasteiger partial charge < -0.3 is 41.9 Å². The summed E-state index contributed by atoms with van der Waals surface area (Å²) in [6.45, 7) is 0. The van der Waals surface area contributed by atoms with Crippen LogP contribution in [0, 0.1) is 0 Å². The first-order chi connectivity index (χ1) is 21.1. The molecule has 0 aliphatic heterocycles. The van der Waals surface area contributed by atoms with Crippen molar-refractivity contribution in [2.24, 2.45) is 5.73 Å². The molecule has 3 amide bonds. The Morgan fingerprint density at radius 3 is 1.77 bits per heavy atom. The summed E-state index contributed by atoms with van der Waals surface area (Å²) >= 11 is 3.99. The monoisotopic (exact) mass is 622 g/mol. The first-order valence-electron chi connectivity index (χ1n) is 13.9. The van der Waals surface area contributed by atoms with Crippen molar-refractivity contribution >= 4 is 64.1 Å². The number of nitrogens with two attached hydrogens (primary N) is 1. The number of para-hydroxylation sites is 2. The molecule has 4 unspecified atom stereocenters. The molecule has 44 heavy (non-hydrogen) atoms. The molecule has 13 nitrogen and oxygen atoms in total. The van der Waals surface area contributed by atoms with Crippen LogP contribution in [0.4, 0.5) is 0 Å². The van der Waals surface area contributed by atoms with Gasteiger partial charge in [0.1, 0.15) is 18.1 Å². The predicted octanol–water partition coefficient (Wildman–Crippen LogP) is 1.10. The Balaban J connectivity index is 1.53. The molecule has 0 aliphatic rings. The number of benzene rings is 2. The number of thiol groups is 1. The van der Waals surface area contributed by atoms with Crippen LogP contribution in [0.1, 0.15) is 24.0 Å². The second-order valence-corrected chi connectivity index (χ2v) is 10.7. The van der Waals surface area contributed by atoms with Crippen LogP contribution in [-0.2, 0) is 36.8 Å². The van der Waals surface area contributed by atoms with E-state index < -0.39 is 60.2 Å². The van der Waals surface area contributed by atoms with Crippen LogP contribution in [0.3, 0.4) is 0 Å². The molecule has 232 valence electrons. The van der Waals surface area contributed by atoms with Gasteiger partial charge in [0.15, 0.2) is 0 Å². The van der Waals surface area contributed by atoms with E-state index in [1.54, 1.807) is 12.4 Å². The molecule has 0 bridgehead atoms. The number of carbonyl (C=O) groups excluding carboxylic acids is 3. The highest BCUT2D eigenvalue weighted by molar-refractivity contribution is 7.80. The fourth-order valence-electron chi connectivity index (χ4n) is 4.91. The highest BCUT2D eigenvalue weighted by Gasteiger charge is 2.31. The number of rotatable bonds is 15. The average molecular weight is 623 g/mol. The molecule has 2 heterocycles. The third-order valence-electron chi connectivity index (χ3n) is 7.26. The number of amides is 3. The van der Waals surface area contributed by atoms with Gasteiger partial charge in [-0.05, 0) is 36.1 Å². The van der Waals surface area contributed by atoms with Gasteiger partial charge >= 0.3 is 11.9 Å². The summed E-state index contributed by atoms with van der Waals surface area (Å²) in [5, 5.41) is 27.9. The molecule has 2 aromatic heterocycles. The summed E-state index contributed by atoms with van der Waals surface area (Å²) in [5.74, 6) is -4.98. The van der Waals surface area contributed by atoms with Crippen LogP contribution in [0.25, 0.3) is 21.8 Å². The van der Waals surface area contributed by atoms with E-state index in [1.165, 1.54) is 0 Å². The summed E-state index contributed by atoms with van der Waals surface area (Å²) in [5.41, 5.74) is 9.32. The standard InChI is InChI=1S/C30H34N6O7S/c31-20(11-16-13-32-21-7-3-1-5-18(16)21)27(39)34-23(9-10-26(37)38)28(40)35-24(29(41)36-25(15-44)30(42)43)12-17-14-33-22-8-4-2-6-19(17)22/h1-8,13-14,20,23-25,32-33,44H,9-12,15,31H2,(H,34,39)(H,35,40)(H,36,41)(H,37,38)(H,42,43). The van der Waals surface area contributed by atoms with Crippen molar-refractivity contribution in [2.45, 2.75) is 49.9 Å². The molecular weight excluding hydrogens is 588 g/mol. The van der Waals surface area contributed by atoms with Crippen molar-refractivity contribution in [3.63, 3.8) is 0 Å². The van der Waals surface area contributed by atoms with E-state index in [1.807, 2.05) is 48.5 Å². The number of carboxylic acids is 2. The van der Waals surface area contributed by atoms with Crippen LogP contribution in [0.15, 0.2) is 60.9 Å². The van der Waals surface area contributed by atoms with E-state index in [0.29, 0.717) is 5.56 Å². The number of aromatic amines is 2. The van der Waals surface area contributed by atoms with Crippen LogP contribution in [0.2, 0.25) is 0 Å². The number of carbonyl (C=O) groups is 5. The van der Waals surface area contributed by atoms with Crippen molar-refractivity contribution in [3.05, 3.63) is 72.1 Å². The second-order valence-electron chi connectivity index (χ2n) is 10.4. The van der Waals surface area contributed by atoms with Gasteiger partial charge in [0.25, 0.3) is 0 Å². The molecule has 0 radical (unpaired) electrons. The minimum absolute atomic E-state index is 0.0276.